The highest BCUT2D eigenvalue weighted by Crippen LogP contribution is 2.37. The van der Waals surface area contributed by atoms with Crippen molar-refractivity contribution in [2.75, 3.05) is 6.54 Å². The van der Waals surface area contributed by atoms with Gasteiger partial charge in [0.25, 0.3) is 0 Å². The van der Waals surface area contributed by atoms with Gasteiger partial charge in [-0.1, -0.05) is 12.1 Å². The van der Waals surface area contributed by atoms with Crippen LogP contribution in [0.15, 0.2) is 24.3 Å². The molecule has 2 nitrogen and oxygen atoms in total. The third-order valence-electron chi connectivity index (χ3n) is 3.97. The van der Waals surface area contributed by atoms with Gasteiger partial charge in [-0.15, -0.1) is 0 Å². The maximum absolute atomic E-state index is 12.5. The fourth-order valence-electron chi connectivity index (χ4n) is 2.71. The van der Waals surface area contributed by atoms with Gasteiger partial charge in [0, 0.05) is 6.04 Å². The summed E-state index contributed by atoms with van der Waals surface area (Å²) in [6.45, 7) is 0.756. The molecule has 2 rings (SSSR count). The van der Waals surface area contributed by atoms with E-state index in [0.29, 0.717) is 12.8 Å². The van der Waals surface area contributed by atoms with Gasteiger partial charge in [-0.3, -0.25) is 0 Å². The maximum atomic E-state index is 12.5. The van der Waals surface area contributed by atoms with Crippen LogP contribution < -0.4 is 5.32 Å². The quantitative estimate of drug-likeness (QED) is 0.886. The minimum atomic E-state index is -4.03. The molecule has 0 radical (unpaired) electrons. The Bertz CT molecular complexity index is 408. The number of halogens is 3. The second-order valence-corrected chi connectivity index (χ2v) is 5.46. The van der Waals surface area contributed by atoms with Crippen LogP contribution in [0.5, 0.6) is 5.75 Å². The predicted molar refractivity (Wildman–Crippen MR) is 71.6 cm³/mol. The molecule has 1 aromatic rings. The third-order valence-corrected chi connectivity index (χ3v) is 3.97. The van der Waals surface area contributed by atoms with Crippen LogP contribution >= 0.6 is 0 Å². The van der Waals surface area contributed by atoms with E-state index in [1.807, 2.05) is 12.1 Å². The van der Waals surface area contributed by atoms with Crippen LogP contribution in [0.4, 0.5) is 13.2 Å². The topological polar surface area (TPSA) is 32.3 Å². The Balaban J connectivity index is 1.67. The van der Waals surface area contributed by atoms with Crippen molar-refractivity contribution in [3.63, 3.8) is 0 Å². The molecule has 0 saturated heterocycles. The lowest BCUT2D eigenvalue weighted by molar-refractivity contribution is -0.182. The molecule has 2 N–H and O–H groups in total. The zero-order valence-corrected chi connectivity index (χ0v) is 11.3. The van der Waals surface area contributed by atoms with Crippen molar-refractivity contribution in [3.05, 3.63) is 29.8 Å². The van der Waals surface area contributed by atoms with E-state index in [0.717, 1.165) is 18.5 Å². The van der Waals surface area contributed by atoms with E-state index in [1.165, 1.54) is 0 Å². The zero-order valence-electron chi connectivity index (χ0n) is 11.3. The fraction of sp³-hybridized carbons (Fsp3) is 0.600. The summed E-state index contributed by atoms with van der Waals surface area (Å²) >= 11 is 0. The van der Waals surface area contributed by atoms with Crippen LogP contribution in [0, 0.1) is 5.92 Å². The Morgan fingerprint density at radius 3 is 2.20 bits per heavy atom. The minimum Gasteiger partial charge on any atom is -0.508 e. The number of alkyl halides is 3. The van der Waals surface area contributed by atoms with E-state index >= 15 is 0 Å². The molecule has 0 amide bonds. The number of benzene rings is 1. The summed E-state index contributed by atoms with van der Waals surface area (Å²) < 4.78 is 37.6. The van der Waals surface area contributed by atoms with Crippen LogP contribution in [0.25, 0.3) is 0 Å². The van der Waals surface area contributed by atoms with Crippen LogP contribution in [0.1, 0.15) is 31.2 Å². The summed E-state index contributed by atoms with van der Waals surface area (Å²) in [4.78, 5) is 0. The fourth-order valence-corrected chi connectivity index (χ4v) is 2.71. The molecule has 0 bridgehead atoms. The van der Waals surface area contributed by atoms with Gasteiger partial charge in [-0.25, -0.2) is 0 Å². The molecule has 1 aromatic carbocycles. The molecule has 0 unspecified atom stereocenters. The molecular weight excluding hydrogens is 267 g/mol. The minimum absolute atomic E-state index is 0.200. The lowest BCUT2D eigenvalue weighted by Crippen LogP contribution is -2.37. The second kappa shape index (κ2) is 6.48. The lowest BCUT2D eigenvalue weighted by Gasteiger charge is -2.30. The number of nitrogens with one attached hydrogen (secondary N) is 1. The third kappa shape index (κ3) is 4.40. The summed E-state index contributed by atoms with van der Waals surface area (Å²) in [6, 6.07) is 7.20. The second-order valence-electron chi connectivity index (χ2n) is 5.46. The summed E-state index contributed by atoms with van der Waals surface area (Å²) in [7, 11) is 0. The van der Waals surface area contributed by atoms with Crippen molar-refractivity contribution < 1.29 is 18.3 Å². The number of rotatable bonds is 4. The SMILES string of the molecule is Oc1ccc(CCNC2CCC(C(F)(F)F)CC2)cc1. The van der Waals surface area contributed by atoms with Gasteiger partial charge in [0.15, 0.2) is 0 Å². The Kier molecular flexibility index (Phi) is 4.91. The van der Waals surface area contributed by atoms with Gasteiger partial charge in [-0.05, 0) is 56.3 Å². The summed E-state index contributed by atoms with van der Waals surface area (Å²) in [5.74, 6) is -0.871. The summed E-state index contributed by atoms with van der Waals surface area (Å²) in [6.07, 6.45) is -1.54. The molecule has 1 aliphatic rings. The molecule has 112 valence electrons. The van der Waals surface area contributed by atoms with Crippen molar-refractivity contribution in [2.45, 2.75) is 44.3 Å². The molecule has 1 aliphatic carbocycles. The van der Waals surface area contributed by atoms with Crippen molar-refractivity contribution >= 4 is 0 Å². The van der Waals surface area contributed by atoms with E-state index < -0.39 is 12.1 Å². The number of phenolic OH excluding ortho intramolecular Hbond substituents is 1. The number of phenols is 1. The zero-order chi connectivity index (χ0) is 14.6. The van der Waals surface area contributed by atoms with Crippen LogP contribution in [-0.2, 0) is 6.42 Å². The van der Waals surface area contributed by atoms with Gasteiger partial charge in [0.05, 0.1) is 5.92 Å². The van der Waals surface area contributed by atoms with Crippen LogP contribution in [-0.4, -0.2) is 23.9 Å². The highest BCUT2D eigenvalue weighted by atomic mass is 19.4. The average Bonchev–Trinajstić information content (AvgIpc) is 2.41. The maximum Gasteiger partial charge on any atom is 0.391 e. The van der Waals surface area contributed by atoms with E-state index in [-0.39, 0.29) is 24.6 Å². The van der Waals surface area contributed by atoms with E-state index in [9.17, 15) is 13.2 Å². The van der Waals surface area contributed by atoms with Gasteiger partial charge in [-0.2, -0.15) is 13.2 Å². The largest absolute Gasteiger partial charge is 0.508 e. The first kappa shape index (κ1) is 15.2. The highest BCUT2D eigenvalue weighted by Gasteiger charge is 2.41. The number of aromatic hydroxyl groups is 1. The van der Waals surface area contributed by atoms with Crippen LogP contribution in [0.3, 0.4) is 0 Å². The molecule has 1 fully saturated rings. The average molecular weight is 287 g/mol. The van der Waals surface area contributed by atoms with E-state index in [2.05, 4.69) is 5.32 Å². The molecule has 0 heterocycles. The van der Waals surface area contributed by atoms with Gasteiger partial charge < -0.3 is 10.4 Å². The smallest absolute Gasteiger partial charge is 0.391 e. The first-order valence-electron chi connectivity index (χ1n) is 7.03. The monoisotopic (exact) mass is 287 g/mol. The van der Waals surface area contributed by atoms with E-state index in [1.54, 1.807) is 12.1 Å². The standard InChI is InChI=1S/C15H20F3NO/c16-15(17,18)12-3-5-13(6-4-12)19-10-9-11-1-7-14(20)8-2-11/h1-2,7-8,12-13,19-20H,3-6,9-10H2. The number of hydrogen-bond donors (Lipinski definition) is 2. The molecule has 0 spiro atoms. The van der Waals surface area contributed by atoms with Gasteiger partial charge >= 0.3 is 6.18 Å². The lowest BCUT2D eigenvalue weighted by atomic mass is 9.85. The number of hydrogen-bond acceptors (Lipinski definition) is 2. The van der Waals surface area contributed by atoms with Crippen LogP contribution in [0.2, 0.25) is 0 Å². The summed E-state index contributed by atoms with van der Waals surface area (Å²) in [5, 5.41) is 12.5. The van der Waals surface area contributed by atoms with Crippen molar-refractivity contribution in [3.8, 4) is 5.75 Å². The normalized spacial score (nSPS) is 23.8. The van der Waals surface area contributed by atoms with Crippen molar-refractivity contribution in [1.82, 2.24) is 5.32 Å². The van der Waals surface area contributed by atoms with Gasteiger partial charge in [0.1, 0.15) is 5.75 Å². The van der Waals surface area contributed by atoms with Crippen molar-refractivity contribution in [2.24, 2.45) is 5.92 Å². The van der Waals surface area contributed by atoms with Gasteiger partial charge in [0.2, 0.25) is 0 Å². The Labute approximate surface area is 117 Å². The first-order chi connectivity index (χ1) is 9.45. The Morgan fingerprint density at radius 1 is 1.05 bits per heavy atom. The Hall–Kier alpha value is -1.23. The molecule has 20 heavy (non-hydrogen) atoms. The molecule has 0 atom stereocenters. The molecule has 0 aromatic heterocycles. The Morgan fingerprint density at radius 2 is 1.65 bits per heavy atom. The van der Waals surface area contributed by atoms with E-state index in [4.69, 9.17) is 5.11 Å². The first-order valence-corrected chi connectivity index (χ1v) is 7.03. The highest BCUT2D eigenvalue weighted by molar-refractivity contribution is 5.25. The molecule has 1 saturated carbocycles. The predicted octanol–water partition coefficient (Wildman–Crippen LogP) is 3.65. The van der Waals surface area contributed by atoms with Crippen molar-refractivity contribution in [1.29, 1.82) is 0 Å². The molecule has 5 heteroatoms. The summed E-state index contributed by atoms with van der Waals surface area (Å²) in [5.41, 5.74) is 1.11. The molecule has 0 aliphatic heterocycles. The molecular formula is C15H20F3NO.